The summed E-state index contributed by atoms with van der Waals surface area (Å²) in [5.41, 5.74) is 0.800. The highest BCUT2D eigenvalue weighted by Gasteiger charge is 2.26. The number of sulfonamides is 1. The molecule has 0 radical (unpaired) electrons. The minimum absolute atomic E-state index is 0.174. The van der Waals surface area contributed by atoms with Crippen LogP contribution in [0.2, 0.25) is 4.34 Å². The van der Waals surface area contributed by atoms with Gasteiger partial charge in [0.2, 0.25) is 0 Å². The van der Waals surface area contributed by atoms with E-state index >= 15 is 0 Å². The summed E-state index contributed by atoms with van der Waals surface area (Å²) in [7, 11) is -3.81. The minimum Gasteiger partial charge on any atom is -0.392 e. The highest BCUT2D eigenvalue weighted by Crippen LogP contribution is 2.28. The van der Waals surface area contributed by atoms with Crippen molar-refractivity contribution in [3.8, 4) is 0 Å². The Morgan fingerprint density at radius 1 is 1.55 bits per heavy atom. The smallest absolute Gasteiger partial charge is 0.260 e. The predicted molar refractivity (Wildman–Crippen MR) is 77.3 cm³/mol. The molecule has 0 saturated carbocycles. The third kappa shape index (κ3) is 3.04. The van der Waals surface area contributed by atoms with E-state index in [1.54, 1.807) is 26.0 Å². The summed E-state index contributed by atoms with van der Waals surface area (Å²) < 4.78 is 27.7. The van der Waals surface area contributed by atoms with Gasteiger partial charge in [-0.1, -0.05) is 11.6 Å². The van der Waals surface area contributed by atoms with Crippen molar-refractivity contribution in [2.24, 2.45) is 0 Å². The van der Waals surface area contributed by atoms with Gasteiger partial charge in [0.25, 0.3) is 10.0 Å². The van der Waals surface area contributed by atoms with E-state index < -0.39 is 22.7 Å². The van der Waals surface area contributed by atoms with Gasteiger partial charge in [-0.3, -0.25) is 5.10 Å². The molecule has 0 saturated heterocycles. The maximum Gasteiger partial charge on any atom is 0.260 e. The summed E-state index contributed by atoms with van der Waals surface area (Å²) in [6.45, 7) is 2.98. The first-order chi connectivity index (χ1) is 9.35. The summed E-state index contributed by atoms with van der Waals surface area (Å²) in [4.78, 5) is 0.802. The van der Waals surface area contributed by atoms with Crippen LogP contribution in [0.5, 0.6) is 0 Å². The Labute approximate surface area is 125 Å². The van der Waals surface area contributed by atoms with Crippen LogP contribution < -0.4 is 4.72 Å². The molecule has 1 unspecified atom stereocenters. The van der Waals surface area contributed by atoms with Crippen LogP contribution in [0.4, 0.5) is 0 Å². The first-order valence-corrected chi connectivity index (χ1v) is 8.45. The molecule has 2 rings (SSSR count). The van der Waals surface area contributed by atoms with Gasteiger partial charge in [-0.15, -0.1) is 11.3 Å². The first-order valence-electron chi connectivity index (χ1n) is 5.77. The van der Waals surface area contributed by atoms with Gasteiger partial charge in [-0.05, 0) is 26.0 Å². The number of aryl methyl sites for hydroxylation is 1. The van der Waals surface area contributed by atoms with E-state index in [9.17, 15) is 13.5 Å². The number of nitrogens with zero attached hydrogens (tertiary/aromatic N) is 1. The summed E-state index contributed by atoms with van der Waals surface area (Å²) in [6, 6.07) is 3.05. The van der Waals surface area contributed by atoms with Gasteiger partial charge in [0.05, 0.1) is 17.0 Å². The predicted octanol–water partition coefficient (Wildman–Crippen LogP) is 1.96. The lowest BCUT2D eigenvalue weighted by Gasteiger charge is -2.12. The maximum atomic E-state index is 12.3. The Balaban J connectivity index is 2.27. The molecule has 3 N–H and O–H groups in total. The molecular formula is C11H14ClN3O3S2. The second kappa shape index (κ2) is 5.82. The Morgan fingerprint density at radius 2 is 2.25 bits per heavy atom. The molecule has 0 aliphatic rings. The van der Waals surface area contributed by atoms with Gasteiger partial charge in [0.1, 0.15) is 0 Å². The molecule has 0 bridgehead atoms. The molecular weight excluding hydrogens is 322 g/mol. The lowest BCUT2D eigenvalue weighted by Crippen LogP contribution is -2.27. The normalized spacial score (nSPS) is 13.6. The van der Waals surface area contributed by atoms with Gasteiger partial charge < -0.3 is 5.11 Å². The lowest BCUT2D eigenvalue weighted by molar-refractivity contribution is 0.277. The van der Waals surface area contributed by atoms with Crippen molar-refractivity contribution in [2.75, 3.05) is 0 Å². The number of aliphatic hydroxyl groups is 1. The highest BCUT2D eigenvalue weighted by atomic mass is 35.5. The van der Waals surface area contributed by atoms with Gasteiger partial charge >= 0.3 is 0 Å². The van der Waals surface area contributed by atoms with Crippen LogP contribution >= 0.6 is 22.9 Å². The molecule has 110 valence electrons. The molecule has 1 atom stereocenters. The van der Waals surface area contributed by atoms with Gasteiger partial charge in [0, 0.05) is 16.1 Å². The number of thiophene rings is 1. The zero-order valence-electron chi connectivity index (χ0n) is 10.8. The third-order valence-corrected chi connectivity index (χ3v) is 5.73. The Kier molecular flexibility index (Phi) is 4.50. The topological polar surface area (TPSA) is 95.1 Å². The van der Waals surface area contributed by atoms with Crippen LogP contribution in [0.25, 0.3) is 0 Å². The largest absolute Gasteiger partial charge is 0.392 e. The molecule has 0 amide bonds. The number of aromatic amines is 1. The highest BCUT2D eigenvalue weighted by molar-refractivity contribution is 7.89. The van der Waals surface area contributed by atoms with Gasteiger partial charge in [-0.2, -0.15) is 5.10 Å². The van der Waals surface area contributed by atoms with Crippen molar-refractivity contribution < 1.29 is 13.5 Å². The molecule has 2 aromatic heterocycles. The van der Waals surface area contributed by atoms with Crippen molar-refractivity contribution in [1.29, 1.82) is 0 Å². The van der Waals surface area contributed by atoms with E-state index in [-0.39, 0.29) is 10.6 Å². The third-order valence-electron chi connectivity index (χ3n) is 2.80. The second-order valence-corrected chi connectivity index (χ2v) is 7.65. The zero-order valence-corrected chi connectivity index (χ0v) is 13.2. The number of hydrogen-bond acceptors (Lipinski definition) is 5. The number of nitrogens with one attached hydrogen (secondary N) is 2. The Bertz CT molecular complexity index is 708. The van der Waals surface area contributed by atoms with Crippen molar-refractivity contribution >= 4 is 33.0 Å². The monoisotopic (exact) mass is 335 g/mol. The number of halogens is 1. The molecule has 0 aliphatic carbocycles. The Hall–Kier alpha value is -0.930. The fourth-order valence-electron chi connectivity index (χ4n) is 1.75. The molecule has 6 nitrogen and oxygen atoms in total. The molecule has 0 spiro atoms. The molecule has 2 heterocycles. The van der Waals surface area contributed by atoms with E-state index in [1.807, 2.05) is 0 Å². The summed E-state index contributed by atoms with van der Waals surface area (Å²) >= 11 is 7.14. The summed E-state index contributed by atoms with van der Waals surface area (Å²) in [5, 5.41) is 15.4. The van der Waals surface area contributed by atoms with Crippen molar-refractivity contribution in [2.45, 2.75) is 31.5 Å². The van der Waals surface area contributed by atoms with Crippen LogP contribution in [0.3, 0.4) is 0 Å². The summed E-state index contributed by atoms with van der Waals surface area (Å²) in [5.74, 6) is 0. The lowest BCUT2D eigenvalue weighted by atomic mass is 10.3. The van der Waals surface area contributed by atoms with Crippen molar-refractivity contribution in [3.63, 3.8) is 0 Å². The molecule has 9 heteroatoms. The van der Waals surface area contributed by atoms with Crippen LogP contribution in [-0.4, -0.2) is 23.7 Å². The molecule has 0 fully saturated rings. The van der Waals surface area contributed by atoms with Crippen LogP contribution in [0, 0.1) is 6.92 Å². The molecule has 0 aliphatic heterocycles. The number of H-pyrrole nitrogens is 1. The van der Waals surface area contributed by atoms with E-state index in [1.165, 1.54) is 11.3 Å². The number of aromatic nitrogens is 2. The number of hydrogen-bond donors (Lipinski definition) is 3. The zero-order chi connectivity index (χ0) is 14.9. The Morgan fingerprint density at radius 3 is 2.80 bits per heavy atom. The standard InChI is InChI=1S/C11H14ClN3O3S2/c1-6-8(5-16)11(14-13-6)20(17,18)15-7(2)9-3-4-10(12)19-9/h3-4,7,15-16H,5H2,1-2H3,(H,13,14). The van der Waals surface area contributed by atoms with Crippen LogP contribution in [-0.2, 0) is 16.6 Å². The fourth-order valence-corrected chi connectivity index (χ4v) is 4.30. The molecule has 20 heavy (non-hydrogen) atoms. The first kappa shape index (κ1) is 15.5. The fraction of sp³-hybridized carbons (Fsp3) is 0.364. The summed E-state index contributed by atoms with van der Waals surface area (Å²) in [6.07, 6.45) is 0. The number of aliphatic hydroxyl groups excluding tert-OH is 1. The SMILES string of the molecule is Cc1[nH]nc(S(=O)(=O)NC(C)c2ccc(Cl)s2)c1CO. The quantitative estimate of drug-likeness (QED) is 0.778. The molecule has 2 aromatic rings. The minimum atomic E-state index is -3.81. The van der Waals surface area contributed by atoms with Crippen LogP contribution in [0.15, 0.2) is 17.2 Å². The average molecular weight is 336 g/mol. The van der Waals surface area contributed by atoms with Crippen LogP contribution in [0.1, 0.15) is 29.1 Å². The van der Waals surface area contributed by atoms with E-state index in [0.29, 0.717) is 10.0 Å². The maximum absolute atomic E-state index is 12.3. The second-order valence-electron chi connectivity index (χ2n) is 4.28. The average Bonchev–Trinajstić information content (AvgIpc) is 2.95. The van der Waals surface area contributed by atoms with Crippen molar-refractivity contribution in [1.82, 2.24) is 14.9 Å². The van der Waals surface area contributed by atoms with E-state index in [4.69, 9.17) is 11.6 Å². The van der Waals surface area contributed by atoms with E-state index in [0.717, 1.165) is 4.88 Å². The van der Waals surface area contributed by atoms with Gasteiger partial charge in [-0.25, -0.2) is 13.1 Å². The van der Waals surface area contributed by atoms with E-state index in [2.05, 4.69) is 14.9 Å². The number of rotatable bonds is 5. The van der Waals surface area contributed by atoms with Crippen molar-refractivity contribution in [3.05, 3.63) is 32.6 Å². The molecule has 0 aromatic carbocycles. The van der Waals surface area contributed by atoms with Gasteiger partial charge in [0.15, 0.2) is 5.03 Å².